The van der Waals surface area contributed by atoms with Crippen molar-refractivity contribution < 1.29 is 29.5 Å². The van der Waals surface area contributed by atoms with Gasteiger partial charge in [0.25, 0.3) is 0 Å². The lowest BCUT2D eigenvalue weighted by Crippen LogP contribution is -2.65. The maximum Gasteiger partial charge on any atom is 0.237 e. The van der Waals surface area contributed by atoms with Crippen LogP contribution in [0.5, 0.6) is 0 Å². The number of aliphatic hydroxyl groups excluding tert-OH is 2. The number of nitrogens with zero attached hydrogens (tertiary/aromatic N) is 1. The number of unbranched alkanes of at least 4 members (excludes halogenated alkanes) is 7. The second-order valence-corrected chi connectivity index (χ2v) is 12.6. The maximum absolute atomic E-state index is 13.2. The first kappa shape index (κ1) is 34.7. The van der Waals surface area contributed by atoms with Crippen molar-refractivity contribution in [1.29, 1.82) is 0 Å². The zero-order valence-corrected chi connectivity index (χ0v) is 26.0. The third-order valence-electron chi connectivity index (χ3n) is 7.98. The minimum Gasteiger partial charge on any atom is -0.388 e. The number of hydrogen-bond acceptors (Lipinski definition) is 8. The van der Waals surface area contributed by atoms with Gasteiger partial charge >= 0.3 is 0 Å². The highest BCUT2D eigenvalue weighted by Crippen LogP contribution is 2.31. The molecule has 2 aliphatic rings. The maximum atomic E-state index is 13.2. The second-order valence-electron chi connectivity index (χ2n) is 11.4. The van der Waals surface area contributed by atoms with E-state index in [1.54, 1.807) is 6.92 Å². The van der Waals surface area contributed by atoms with Gasteiger partial charge in [0.05, 0.1) is 17.5 Å². The van der Waals surface area contributed by atoms with Crippen LogP contribution in [-0.4, -0.2) is 81.9 Å². The van der Waals surface area contributed by atoms with Crippen LogP contribution in [0, 0.1) is 5.92 Å². The van der Waals surface area contributed by atoms with Gasteiger partial charge in [0.1, 0.15) is 29.5 Å². The largest absolute Gasteiger partial charge is 0.388 e. The molecule has 2 aliphatic heterocycles. The molecular weight excluding hydrogens is 540 g/mol. The van der Waals surface area contributed by atoms with Crippen LogP contribution in [0.2, 0.25) is 0 Å². The van der Waals surface area contributed by atoms with Crippen LogP contribution < -0.4 is 5.32 Å². The zero-order chi connectivity index (χ0) is 28.9. The van der Waals surface area contributed by atoms with Crippen LogP contribution >= 0.6 is 24.2 Å². The lowest BCUT2D eigenvalue weighted by molar-refractivity contribution is -0.349. The van der Waals surface area contributed by atoms with Crippen molar-refractivity contribution in [3.63, 3.8) is 0 Å². The number of carbonyl (C=O) groups excluding carboxylic acids is 1. The fourth-order valence-electron chi connectivity index (χ4n) is 5.65. The Kier molecular flexibility index (Phi) is 16.1. The molecule has 0 bridgehead atoms. The fourth-order valence-corrected chi connectivity index (χ4v) is 6.22. The van der Waals surface area contributed by atoms with Gasteiger partial charge in [-0.25, -0.2) is 0 Å². The number of thiol groups is 1. The molecule has 10 heteroatoms. The predicted molar refractivity (Wildman–Crippen MR) is 159 cm³/mol. The highest BCUT2D eigenvalue weighted by Gasteiger charge is 2.49. The van der Waals surface area contributed by atoms with E-state index >= 15 is 0 Å². The Hall–Kier alpha value is -0.550. The number of rotatable bonds is 18. The Morgan fingerprint density at radius 1 is 1.13 bits per heavy atom. The van der Waals surface area contributed by atoms with Crippen LogP contribution in [0.15, 0.2) is 12.3 Å². The smallest absolute Gasteiger partial charge is 0.237 e. The van der Waals surface area contributed by atoms with Gasteiger partial charge in [0.2, 0.25) is 5.91 Å². The van der Waals surface area contributed by atoms with Crippen LogP contribution in [0.1, 0.15) is 97.8 Å². The van der Waals surface area contributed by atoms with Crippen molar-refractivity contribution in [1.82, 2.24) is 10.2 Å². The Morgan fingerprint density at radius 2 is 1.77 bits per heavy atom. The summed E-state index contributed by atoms with van der Waals surface area (Å²) in [4.78, 5) is 26.0. The summed E-state index contributed by atoms with van der Waals surface area (Å²) < 4.78 is 5.95. The normalized spacial score (nSPS) is 31.1. The molecule has 0 aliphatic carbocycles. The van der Waals surface area contributed by atoms with Crippen molar-refractivity contribution in [3.8, 4) is 0 Å². The molecule has 1 amide bonds. The lowest BCUT2D eigenvalue weighted by atomic mass is 9.92. The SMILES string of the molecule is C=C(CCCCCCCCCC)OO[C@@H]1[C@@H](O)[C@@H](O)[C@@H]([C@H](NC(=O)[C@@H]2C[C@@H](CCC)CN2C)[C@H](C)Cl)O[C@@H]1S. The van der Waals surface area contributed by atoms with Gasteiger partial charge in [0.15, 0.2) is 6.10 Å². The van der Waals surface area contributed by atoms with Crippen molar-refractivity contribution >= 4 is 30.1 Å². The quantitative estimate of drug-likeness (QED) is 0.0446. The molecule has 0 radical (unpaired) electrons. The summed E-state index contributed by atoms with van der Waals surface area (Å²) in [5.74, 6) is 0.770. The molecule has 228 valence electrons. The van der Waals surface area contributed by atoms with E-state index in [-0.39, 0.29) is 11.9 Å². The molecule has 2 heterocycles. The van der Waals surface area contributed by atoms with E-state index in [0.29, 0.717) is 18.1 Å². The van der Waals surface area contributed by atoms with Crippen LogP contribution in [0.25, 0.3) is 0 Å². The van der Waals surface area contributed by atoms with E-state index in [4.69, 9.17) is 26.1 Å². The van der Waals surface area contributed by atoms with E-state index in [1.807, 2.05) is 7.05 Å². The zero-order valence-electron chi connectivity index (χ0n) is 24.4. The molecule has 3 N–H and O–H groups in total. The van der Waals surface area contributed by atoms with E-state index < -0.39 is 41.3 Å². The van der Waals surface area contributed by atoms with E-state index in [9.17, 15) is 15.0 Å². The number of ether oxygens (including phenoxy) is 1. The van der Waals surface area contributed by atoms with E-state index in [1.165, 1.54) is 38.5 Å². The molecule has 0 aromatic heterocycles. The molecule has 0 unspecified atom stereocenters. The lowest BCUT2D eigenvalue weighted by Gasteiger charge is -2.44. The van der Waals surface area contributed by atoms with Gasteiger partial charge in [-0.3, -0.25) is 9.69 Å². The first-order chi connectivity index (χ1) is 18.6. The standard InChI is InChI=1S/C29H53ClN2O6S/c1-6-8-9-10-11-12-13-14-16-19(3)37-38-27-25(34)24(33)26(36-29(27)39)23(20(4)30)31-28(35)22-17-21(15-7-2)18-32(22)5/h20-27,29,33-34,39H,3,6-18H2,1-2,4-5H3,(H,31,35)/t20-,21+,22-,23+,24+,25-,26+,27+,29+/m0/s1. The molecule has 2 saturated heterocycles. The summed E-state index contributed by atoms with van der Waals surface area (Å²) in [6, 6.07) is -1.01. The van der Waals surface area contributed by atoms with Gasteiger partial charge in [-0.1, -0.05) is 71.8 Å². The Labute approximate surface area is 246 Å². The number of alkyl halides is 1. The number of carbonyl (C=O) groups is 1. The predicted octanol–water partition coefficient (Wildman–Crippen LogP) is 4.96. The first-order valence-corrected chi connectivity index (χ1v) is 15.9. The van der Waals surface area contributed by atoms with E-state index in [2.05, 4.69) is 43.3 Å². The monoisotopic (exact) mass is 592 g/mol. The molecule has 0 aromatic rings. The highest BCUT2D eigenvalue weighted by atomic mass is 35.5. The fraction of sp³-hybridized carbons (Fsp3) is 0.897. The van der Waals surface area contributed by atoms with Crippen LogP contribution in [0.3, 0.4) is 0 Å². The van der Waals surface area contributed by atoms with Gasteiger partial charge < -0.3 is 25.2 Å². The van der Waals surface area contributed by atoms with Crippen LogP contribution in [-0.2, 0) is 19.3 Å². The number of hydrogen-bond donors (Lipinski definition) is 4. The number of amides is 1. The molecule has 8 nitrogen and oxygen atoms in total. The van der Waals surface area contributed by atoms with Gasteiger partial charge in [-0.15, -0.1) is 24.2 Å². The number of likely N-dealkylation sites (N-methyl/N-ethyl adjacent to an activating group) is 1. The molecule has 0 aromatic carbocycles. The average molecular weight is 593 g/mol. The highest BCUT2D eigenvalue weighted by molar-refractivity contribution is 7.80. The first-order valence-electron chi connectivity index (χ1n) is 15.0. The number of nitrogens with one attached hydrogen (secondary N) is 1. The van der Waals surface area contributed by atoms with Crippen molar-refractivity contribution in [3.05, 3.63) is 12.3 Å². The van der Waals surface area contributed by atoms with Crippen molar-refractivity contribution in [2.24, 2.45) is 5.92 Å². The van der Waals surface area contributed by atoms with Crippen LogP contribution in [0.4, 0.5) is 0 Å². The van der Waals surface area contributed by atoms with Crippen molar-refractivity contribution in [2.45, 2.75) is 145 Å². The number of likely N-dealkylation sites (tertiary alicyclic amines) is 1. The molecule has 9 atom stereocenters. The molecule has 2 rings (SSSR count). The van der Waals surface area contributed by atoms with E-state index in [0.717, 1.165) is 38.6 Å². The molecular formula is C29H53ClN2O6S. The summed E-state index contributed by atoms with van der Waals surface area (Å²) in [5, 5.41) is 24.2. The molecule has 0 spiro atoms. The summed E-state index contributed by atoms with van der Waals surface area (Å²) in [5.41, 5.74) is -0.915. The summed E-state index contributed by atoms with van der Waals surface area (Å²) in [6.07, 6.45) is 8.44. The molecule has 2 fully saturated rings. The van der Waals surface area contributed by atoms with Crippen molar-refractivity contribution in [2.75, 3.05) is 13.6 Å². The minimum absolute atomic E-state index is 0.159. The summed E-state index contributed by atoms with van der Waals surface area (Å²) >= 11 is 10.9. The Morgan fingerprint density at radius 3 is 2.38 bits per heavy atom. The Bertz CT molecular complexity index is 732. The van der Waals surface area contributed by atoms with Gasteiger partial charge in [-0.2, -0.15) is 4.89 Å². The minimum atomic E-state index is -1.37. The third-order valence-corrected chi connectivity index (χ3v) is 8.67. The summed E-state index contributed by atoms with van der Waals surface area (Å²) in [6.45, 7) is 10.9. The topological polar surface area (TPSA) is 100 Å². The average Bonchev–Trinajstić information content (AvgIpc) is 3.26. The van der Waals surface area contributed by atoms with Gasteiger partial charge in [-0.05, 0) is 39.2 Å². The van der Waals surface area contributed by atoms with Gasteiger partial charge in [0, 0.05) is 13.0 Å². The summed E-state index contributed by atoms with van der Waals surface area (Å²) in [7, 11) is 1.95. The number of halogens is 1. The molecule has 0 saturated carbocycles. The number of allylic oxidation sites excluding steroid dienone is 1. The second kappa shape index (κ2) is 18.1. The Balaban J connectivity index is 1.83. The molecule has 39 heavy (non-hydrogen) atoms. The third kappa shape index (κ3) is 11.0. The number of aliphatic hydroxyl groups is 2.